The molecule has 0 aliphatic rings. The summed E-state index contributed by atoms with van der Waals surface area (Å²) in [6.45, 7) is 1.76. The van der Waals surface area contributed by atoms with Crippen molar-refractivity contribution in [1.29, 1.82) is 5.26 Å². The summed E-state index contributed by atoms with van der Waals surface area (Å²) in [5.41, 5.74) is 6.37. The van der Waals surface area contributed by atoms with Gasteiger partial charge in [-0.15, -0.1) is 22.7 Å². The summed E-state index contributed by atoms with van der Waals surface area (Å²) in [6, 6.07) is 5.59. The second-order valence-corrected chi connectivity index (χ2v) is 7.67. The van der Waals surface area contributed by atoms with Crippen LogP contribution < -0.4 is 11.1 Å². The molecule has 1 atom stereocenters. The minimum Gasteiger partial charge on any atom is -0.383 e. The maximum atomic E-state index is 12.3. The van der Waals surface area contributed by atoms with Gasteiger partial charge in [-0.3, -0.25) is 4.79 Å². The Morgan fingerprint density at radius 2 is 2.17 bits per heavy atom. The Balaban J connectivity index is 1.73. The highest BCUT2D eigenvalue weighted by Crippen LogP contribution is 2.29. The van der Waals surface area contributed by atoms with Gasteiger partial charge in [0.15, 0.2) is 5.16 Å². The minimum atomic E-state index is -0.416. The first-order valence-corrected chi connectivity index (χ1v) is 9.18. The molecule has 3 rings (SSSR count). The van der Waals surface area contributed by atoms with Crippen molar-refractivity contribution in [2.24, 2.45) is 0 Å². The summed E-state index contributed by atoms with van der Waals surface area (Å²) >= 11 is 4.03. The van der Waals surface area contributed by atoms with E-state index in [0.717, 1.165) is 10.2 Å². The van der Waals surface area contributed by atoms with Crippen LogP contribution in [0.15, 0.2) is 28.0 Å². The Hall–Kier alpha value is -2.15. The molecule has 0 bridgehead atoms. The number of hydrogen-bond donors (Lipinski definition) is 2. The van der Waals surface area contributed by atoms with Crippen molar-refractivity contribution < 1.29 is 4.79 Å². The fourth-order valence-electron chi connectivity index (χ4n) is 1.83. The van der Waals surface area contributed by atoms with E-state index in [1.165, 1.54) is 34.4 Å². The van der Waals surface area contributed by atoms with Crippen LogP contribution in [-0.2, 0) is 4.79 Å². The Morgan fingerprint density at radius 3 is 2.96 bits per heavy atom. The number of fused-ring (bicyclic) bond motifs is 1. The molecular weight excluding hydrogens is 350 g/mol. The number of nitrogen functional groups attached to an aromatic ring is 1. The molecule has 6 nitrogen and oxygen atoms in total. The number of hydrogen-bond acceptors (Lipinski definition) is 8. The average molecular weight is 361 g/mol. The average Bonchev–Trinajstić information content (AvgIpc) is 3.15. The molecule has 0 fully saturated rings. The van der Waals surface area contributed by atoms with Crippen molar-refractivity contribution in [3.8, 4) is 6.07 Å². The fraction of sp³-hybridized carbons (Fsp3) is 0.143. The summed E-state index contributed by atoms with van der Waals surface area (Å²) in [4.78, 5) is 21.7. The third-order valence-corrected chi connectivity index (χ3v) is 5.61. The van der Waals surface area contributed by atoms with Gasteiger partial charge in [0.25, 0.3) is 0 Å². The third kappa shape index (κ3) is 3.29. The van der Waals surface area contributed by atoms with E-state index in [0.29, 0.717) is 21.5 Å². The lowest BCUT2D eigenvalue weighted by Gasteiger charge is -2.10. The molecule has 1 unspecified atom stereocenters. The predicted octanol–water partition coefficient (Wildman–Crippen LogP) is 3.33. The first kappa shape index (κ1) is 15.7. The monoisotopic (exact) mass is 361 g/mol. The van der Waals surface area contributed by atoms with Crippen molar-refractivity contribution >= 4 is 61.4 Å². The maximum Gasteiger partial charge on any atom is 0.238 e. The number of nitrogens with one attached hydrogen (secondary N) is 1. The molecular formula is C14H11N5OS3. The first-order valence-electron chi connectivity index (χ1n) is 6.54. The number of nitriles is 1. The molecule has 0 aromatic carbocycles. The molecule has 0 radical (unpaired) electrons. The number of nitrogens with zero attached hydrogens (tertiary/aromatic N) is 3. The minimum absolute atomic E-state index is 0.206. The highest BCUT2D eigenvalue weighted by Gasteiger charge is 2.19. The van der Waals surface area contributed by atoms with E-state index in [9.17, 15) is 4.79 Å². The highest BCUT2D eigenvalue weighted by atomic mass is 32.2. The summed E-state index contributed by atoms with van der Waals surface area (Å²) in [7, 11) is 0. The van der Waals surface area contributed by atoms with E-state index in [1.54, 1.807) is 18.4 Å². The molecule has 0 spiro atoms. The molecule has 0 saturated heterocycles. The van der Waals surface area contributed by atoms with Crippen LogP contribution in [0, 0.1) is 11.3 Å². The molecule has 0 saturated carbocycles. The molecule has 1 amide bonds. The quantitative estimate of drug-likeness (QED) is 0.545. The van der Waals surface area contributed by atoms with E-state index in [-0.39, 0.29) is 5.91 Å². The molecule has 9 heteroatoms. The number of thioether (sulfide) groups is 1. The standard InChI is InChI=1S/C14H11N5OS3/c1-7(11(20)18-12-8(6-15)2-4-21-12)23-14-17-10(16)9-3-5-22-13(9)19-14/h2-5,7H,1H3,(H,18,20)(H2,16,17,19). The van der Waals surface area contributed by atoms with Crippen LogP contribution in [0.2, 0.25) is 0 Å². The number of thiophene rings is 2. The largest absolute Gasteiger partial charge is 0.383 e. The van der Waals surface area contributed by atoms with Gasteiger partial charge in [0.05, 0.1) is 16.2 Å². The van der Waals surface area contributed by atoms with Gasteiger partial charge in [0, 0.05) is 0 Å². The summed E-state index contributed by atoms with van der Waals surface area (Å²) in [5.74, 6) is 0.207. The number of carbonyl (C=O) groups is 1. The lowest BCUT2D eigenvalue weighted by Crippen LogP contribution is -2.22. The lowest BCUT2D eigenvalue weighted by atomic mass is 10.3. The Morgan fingerprint density at radius 1 is 1.39 bits per heavy atom. The summed E-state index contributed by atoms with van der Waals surface area (Å²) < 4.78 is 0. The SMILES string of the molecule is CC(Sc1nc(N)c2ccsc2n1)C(=O)Nc1sccc1C#N. The zero-order valence-electron chi connectivity index (χ0n) is 11.9. The van der Waals surface area contributed by atoms with Gasteiger partial charge in [0.1, 0.15) is 21.7 Å². The van der Waals surface area contributed by atoms with Crippen molar-refractivity contribution in [1.82, 2.24) is 9.97 Å². The second-order valence-electron chi connectivity index (χ2n) is 4.56. The zero-order valence-corrected chi connectivity index (χ0v) is 14.4. The second kappa shape index (κ2) is 6.54. The number of nitrogens with two attached hydrogens (primary N) is 1. The predicted molar refractivity (Wildman–Crippen MR) is 94.8 cm³/mol. The summed E-state index contributed by atoms with van der Waals surface area (Å²) in [5, 5.41) is 16.8. The van der Waals surface area contributed by atoms with Gasteiger partial charge in [-0.25, -0.2) is 9.97 Å². The molecule has 116 valence electrons. The molecule has 0 aliphatic carbocycles. The van der Waals surface area contributed by atoms with E-state index in [1.807, 2.05) is 17.5 Å². The van der Waals surface area contributed by atoms with Crippen LogP contribution in [-0.4, -0.2) is 21.1 Å². The Bertz CT molecular complexity index is 911. The Kier molecular flexibility index (Phi) is 4.47. The van der Waals surface area contributed by atoms with Crippen LogP contribution >= 0.6 is 34.4 Å². The molecule has 23 heavy (non-hydrogen) atoms. The molecule has 3 heterocycles. The van der Waals surface area contributed by atoms with Crippen molar-refractivity contribution in [2.45, 2.75) is 17.3 Å². The van der Waals surface area contributed by atoms with E-state index < -0.39 is 5.25 Å². The number of carbonyl (C=O) groups excluding carboxylic acids is 1. The van der Waals surface area contributed by atoms with Crippen molar-refractivity contribution in [3.63, 3.8) is 0 Å². The summed E-state index contributed by atoms with van der Waals surface area (Å²) in [6.07, 6.45) is 0. The van der Waals surface area contributed by atoms with E-state index >= 15 is 0 Å². The van der Waals surface area contributed by atoms with E-state index in [2.05, 4.69) is 15.3 Å². The van der Waals surface area contributed by atoms with Gasteiger partial charge in [-0.1, -0.05) is 11.8 Å². The van der Waals surface area contributed by atoms with Gasteiger partial charge >= 0.3 is 0 Å². The zero-order chi connectivity index (χ0) is 16.4. The topological polar surface area (TPSA) is 105 Å². The van der Waals surface area contributed by atoms with Crippen LogP contribution in [0.3, 0.4) is 0 Å². The Labute approximate surface area is 144 Å². The van der Waals surface area contributed by atoms with Crippen LogP contribution in [0.25, 0.3) is 10.2 Å². The number of rotatable bonds is 4. The smallest absolute Gasteiger partial charge is 0.238 e. The molecule has 3 aromatic heterocycles. The van der Waals surface area contributed by atoms with Gasteiger partial charge < -0.3 is 11.1 Å². The number of anilines is 2. The first-order chi connectivity index (χ1) is 11.1. The van der Waals surface area contributed by atoms with Crippen LogP contribution in [0.5, 0.6) is 0 Å². The highest BCUT2D eigenvalue weighted by molar-refractivity contribution is 8.00. The van der Waals surface area contributed by atoms with Gasteiger partial charge in [0.2, 0.25) is 5.91 Å². The van der Waals surface area contributed by atoms with Crippen LogP contribution in [0.4, 0.5) is 10.8 Å². The third-order valence-electron chi connectivity index (χ3n) is 3.01. The van der Waals surface area contributed by atoms with Crippen LogP contribution in [0.1, 0.15) is 12.5 Å². The number of amides is 1. The van der Waals surface area contributed by atoms with Gasteiger partial charge in [-0.05, 0) is 29.8 Å². The van der Waals surface area contributed by atoms with Gasteiger partial charge in [-0.2, -0.15) is 5.26 Å². The van der Waals surface area contributed by atoms with E-state index in [4.69, 9.17) is 11.0 Å². The maximum absolute atomic E-state index is 12.3. The fourth-order valence-corrected chi connectivity index (χ4v) is 4.18. The van der Waals surface area contributed by atoms with Crippen molar-refractivity contribution in [3.05, 3.63) is 28.5 Å². The van der Waals surface area contributed by atoms with Crippen molar-refractivity contribution in [2.75, 3.05) is 11.1 Å². The molecule has 3 N–H and O–H groups in total. The molecule has 3 aromatic rings. The molecule has 0 aliphatic heterocycles. The lowest BCUT2D eigenvalue weighted by molar-refractivity contribution is -0.115. The normalized spacial score (nSPS) is 12.0. The number of aromatic nitrogens is 2.